The Morgan fingerprint density at radius 3 is 2.55 bits per heavy atom. The molecule has 3 N–H and O–H groups in total. The van der Waals surface area contributed by atoms with E-state index in [1.807, 2.05) is 31.2 Å². The number of imide groups is 1. The number of benzene rings is 3. The minimum atomic E-state index is -1.36. The molecule has 0 radical (unpaired) electrons. The zero-order chi connectivity index (χ0) is 26.2. The van der Waals surface area contributed by atoms with E-state index in [1.165, 1.54) is 4.90 Å². The molecule has 1 spiro atoms. The van der Waals surface area contributed by atoms with Crippen LogP contribution in [0.25, 0.3) is 0 Å². The van der Waals surface area contributed by atoms with E-state index in [-0.39, 0.29) is 36.8 Å². The van der Waals surface area contributed by atoms with Crippen molar-refractivity contribution in [1.29, 1.82) is 0 Å². The zero-order valence-electron chi connectivity index (χ0n) is 20.6. The molecule has 3 aromatic carbocycles. The van der Waals surface area contributed by atoms with E-state index in [1.54, 1.807) is 36.4 Å². The van der Waals surface area contributed by atoms with Gasteiger partial charge in [0.15, 0.2) is 11.5 Å². The van der Waals surface area contributed by atoms with E-state index in [4.69, 9.17) is 9.47 Å². The molecule has 2 saturated heterocycles. The Kier molecular flexibility index (Phi) is 4.84. The van der Waals surface area contributed by atoms with Crippen molar-refractivity contribution in [3.05, 3.63) is 82.9 Å². The van der Waals surface area contributed by atoms with E-state index in [2.05, 4.69) is 10.6 Å². The summed E-state index contributed by atoms with van der Waals surface area (Å²) in [6.07, 6.45) is 0.411. The molecule has 0 unspecified atom stereocenters. The molecule has 0 saturated carbocycles. The third-order valence-corrected chi connectivity index (χ3v) is 8.22. The summed E-state index contributed by atoms with van der Waals surface area (Å²) in [5.41, 5.74) is 2.53. The Morgan fingerprint density at radius 2 is 1.74 bits per heavy atom. The summed E-state index contributed by atoms with van der Waals surface area (Å²) in [5, 5.41) is 16.2. The molecule has 0 bridgehead atoms. The van der Waals surface area contributed by atoms with Crippen LogP contribution in [0.1, 0.15) is 22.3 Å². The molecule has 0 aromatic heterocycles. The van der Waals surface area contributed by atoms with Gasteiger partial charge in [-0.2, -0.15) is 0 Å². The molecule has 0 aliphatic carbocycles. The fourth-order valence-electron chi connectivity index (χ4n) is 6.47. The predicted octanol–water partition coefficient (Wildman–Crippen LogP) is 2.59. The maximum Gasteiger partial charge on any atom is 0.250 e. The summed E-state index contributed by atoms with van der Waals surface area (Å²) in [4.78, 5) is 43.0. The number of ether oxygens (including phenoxy) is 2. The van der Waals surface area contributed by atoms with Crippen molar-refractivity contribution in [2.24, 2.45) is 11.8 Å². The number of aryl methyl sites for hydroxylation is 1. The molecule has 3 amide bonds. The normalized spacial score (nSPS) is 26.7. The number of rotatable bonds is 4. The molecule has 192 valence electrons. The highest BCUT2D eigenvalue weighted by Gasteiger charge is 2.70. The number of hydrogen-bond acceptors (Lipinski definition) is 7. The van der Waals surface area contributed by atoms with Crippen LogP contribution in [0.2, 0.25) is 0 Å². The van der Waals surface area contributed by atoms with Gasteiger partial charge in [0.25, 0.3) is 0 Å². The highest BCUT2D eigenvalue weighted by molar-refractivity contribution is 6.15. The minimum absolute atomic E-state index is 0.0750. The Labute approximate surface area is 218 Å². The summed E-state index contributed by atoms with van der Waals surface area (Å²) in [7, 11) is 0. The van der Waals surface area contributed by atoms with E-state index in [9.17, 15) is 19.5 Å². The van der Waals surface area contributed by atoms with Crippen molar-refractivity contribution in [3.8, 4) is 17.2 Å². The second-order valence-electron chi connectivity index (χ2n) is 10.3. The highest BCUT2D eigenvalue weighted by atomic mass is 16.7. The molecule has 4 heterocycles. The molecule has 2 fully saturated rings. The monoisotopic (exact) mass is 511 g/mol. The first-order valence-electron chi connectivity index (χ1n) is 12.6. The average Bonchev–Trinajstić information content (AvgIpc) is 3.63. The summed E-state index contributed by atoms with van der Waals surface area (Å²) in [6.45, 7) is 2.11. The van der Waals surface area contributed by atoms with Gasteiger partial charge in [0.2, 0.25) is 24.5 Å². The topological polar surface area (TPSA) is 117 Å². The van der Waals surface area contributed by atoms with Crippen molar-refractivity contribution < 1.29 is 29.0 Å². The van der Waals surface area contributed by atoms with Crippen LogP contribution in [-0.2, 0) is 32.9 Å². The first-order chi connectivity index (χ1) is 18.4. The van der Waals surface area contributed by atoms with Gasteiger partial charge in [-0.15, -0.1) is 0 Å². The van der Waals surface area contributed by atoms with Gasteiger partial charge in [0.05, 0.1) is 18.4 Å². The van der Waals surface area contributed by atoms with E-state index in [0.717, 1.165) is 16.7 Å². The number of anilines is 1. The number of nitrogens with one attached hydrogen (secondary N) is 2. The quantitative estimate of drug-likeness (QED) is 0.461. The first-order valence-corrected chi connectivity index (χ1v) is 12.6. The number of carbonyl (C=O) groups excluding carboxylic acids is 3. The van der Waals surface area contributed by atoms with Gasteiger partial charge in [-0.25, -0.2) is 0 Å². The fourth-order valence-corrected chi connectivity index (χ4v) is 6.47. The van der Waals surface area contributed by atoms with Crippen molar-refractivity contribution in [2.45, 2.75) is 31.5 Å². The van der Waals surface area contributed by atoms with Gasteiger partial charge in [0, 0.05) is 17.3 Å². The van der Waals surface area contributed by atoms with Gasteiger partial charge in [-0.3, -0.25) is 24.6 Å². The third-order valence-electron chi connectivity index (χ3n) is 8.22. The van der Waals surface area contributed by atoms with Crippen LogP contribution >= 0.6 is 0 Å². The lowest BCUT2D eigenvalue weighted by atomic mass is 9.76. The van der Waals surface area contributed by atoms with Crippen LogP contribution in [0.4, 0.5) is 5.69 Å². The Balaban J connectivity index is 1.30. The lowest BCUT2D eigenvalue weighted by molar-refractivity contribution is -0.143. The zero-order valence-corrected chi connectivity index (χ0v) is 20.6. The van der Waals surface area contributed by atoms with E-state index >= 15 is 0 Å². The molecular formula is C29H25N3O6. The van der Waals surface area contributed by atoms with Crippen LogP contribution in [0.5, 0.6) is 17.2 Å². The number of fused-ring (bicyclic) bond motifs is 5. The number of amides is 3. The number of aromatic hydroxyl groups is 1. The van der Waals surface area contributed by atoms with Gasteiger partial charge >= 0.3 is 0 Å². The van der Waals surface area contributed by atoms with Gasteiger partial charge < -0.3 is 19.9 Å². The maximum atomic E-state index is 14.1. The fraction of sp³-hybridized carbons (Fsp3) is 0.276. The minimum Gasteiger partial charge on any atom is -0.508 e. The van der Waals surface area contributed by atoms with Crippen molar-refractivity contribution in [2.75, 3.05) is 12.1 Å². The smallest absolute Gasteiger partial charge is 0.250 e. The van der Waals surface area contributed by atoms with Crippen LogP contribution in [-0.4, -0.2) is 40.6 Å². The van der Waals surface area contributed by atoms with Crippen LogP contribution in [0, 0.1) is 18.8 Å². The third kappa shape index (κ3) is 3.11. The maximum absolute atomic E-state index is 14.1. The number of likely N-dealkylation sites (tertiary alicyclic amines) is 1. The summed E-state index contributed by atoms with van der Waals surface area (Å²) in [5.74, 6) is -1.29. The number of phenolic OH excluding ortho intramolecular Hbond substituents is 1. The molecule has 9 nitrogen and oxygen atoms in total. The summed E-state index contributed by atoms with van der Waals surface area (Å²) in [6, 6.07) is 17.3. The molecule has 4 atom stereocenters. The largest absolute Gasteiger partial charge is 0.508 e. The van der Waals surface area contributed by atoms with Gasteiger partial charge in [0.1, 0.15) is 11.3 Å². The van der Waals surface area contributed by atoms with E-state index < -0.39 is 23.4 Å². The number of carbonyl (C=O) groups is 3. The van der Waals surface area contributed by atoms with Crippen LogP contribution < -0.4 is 20.1 Å². The Hall–Kier alpha value is -4.37. The number of nitrogens with zero attached hydrogens (tertiary/aromatic N) is 1. The predicted molar refractivity (Wildman–Crippen MR) is 135 cm³/mol. The first kappa shape index (κ1) is 22.8. The lowest BCUT2D eigenvalue weighted by Crippen LogP contribution is -2.53. The standard InChI is InChI=1S/C29H25N3O6/c1-15-3-2-4-19-25(15)30-28(36)29(19)24-23(20(31-29)11-16-5-8-18(33)9-6-16)26(34)32(27(24)35)13-17-7-10-21-22(12-17)38-14-37-21/h2-10,12,20,23-24,31,33H,11,13-14H2,1H3,(H,30,36)/t20-,23-,24+,29+/m1/s1. The molecule has 38 heavy (non-hydrogen) atoms. The summed E-state index contributed by atoms with van der Waals surface area (Å²) >= 11 is 0. The second kappa shape index (κ2) is 8.06. The number of para-hydroxylation sites is 1. The van der Waals surface area contributed by atoms with Gasteiger partial charge in [-0.05, 0) is 54.3 Å². The average molecular weight is 512 g/mol. The van der Waals surface area contributed by atoms with Crippen LogP contribution in [0.15, 0.2) is 60.7 Å². The SMILES string of the molecule is Cc1cccc2c1NC(=O)[C@]21N[C@H](Cc2ccc(O)cc2)[C@H]2C(=O)N(Cc3ccc4c(c3)OCO4)C(=O)[C@H]21. The highest BCUT2D eigenvalue weighted by Crippen LogP contribution is 2.54. The molecule has 4 aliphatic heterocycles. The molecule has 9 heteroatoms. The van der Waals surface area contributed by atoms with Gasteiger partial charge in [-0.1, -0.05) is 36.4 Å². The van der Waals surface area contributed by atoms with Crippen LogP contribution in [0.3, 0.4) is 0 Å². The number of hydrogen-bond donors (Lipinski definition) is 3. The molecule has 3 aromatic rings. The van der Waals surface area contributed by atoms with Crippen molar-refractivity contribution >= 4 is 23.4 Å². The van der Waals surface area contributed by atoms with E-state index in [0.29, 0.717) is 29.2 Å². The molecule has 7 rings (SSSR count). The Bertz CT molecular complexity index is 1520. The summed E-state index contributed by atoms with van der Waals surface area (Å²) < 4.78 is 10.9. The molecular weight excluding hydrogens is 486 g/mol. The van der Waals surface area contributed by atoms with Crippen molar-refractivity contribution in [1.82, 2.24) is 10.2 Å². The number of phenols is 1. The van der Waals surface area contributed by atoms with Crippen molar-refractivity contribution in [3.63, 3.8) is 0 Å². The lowest BCUT2D eigenvalue weighted by Gasteiger charge is -2.29. The second-order valence-corrected chi connectivity index (χ2v) is 10.3. The Morgan fingerprint density at radius 1 is 0.974 bits per heavy atom. The molecule has 4 aliphatic rings.